The van der Waals surface area contributed by atoms with E-state index in [1.807, 2.05) is 11.9 Å². The average molecular weight is 353 g/mol. The number of nitrogens with zero attached hydrogens (tertiary/aromatic N) is 6. The number of carbonyl (C=O) groups is 1. The summed E-state index contributed by atoms with van der Waals surface area (Å²) in [5.41, 5.74) is 0.906. The number of rotatable bonds is 6. The van der Waals surface area contributed by atoms with Crippen molar-refractivity contribution in [3.8, 4) is 0 Å². The van der Waals surface area contributed by atoms with Crippen LogP contribution in [0.2, 0.25) is 0 Å². The zero-order chi connectivity index (χ0) is 18.1. The molecule has 1 saturated carbocycles. The second-order valence-corrected chi connectivity index (χ2v) is 6.54. The fourth-order valence-electron chi connectivity index (χ4n) is 2.77. The highest BCUT2D eigenvalue weighted by Crippen LogP contribution is 2.30. The van der Waals surface area contributed by atoms with Crippen molar-refractivity contribution < 1.29 is 4.79 Å². The van der Waals surface area contributed by atoms with Crippen LogP contribution in [0.1, 0.15) is 12.8 Å². The third-order valence-corrected chi connectivity index (χ3v) is 4.33. The van der Waals surface area contributed by atoms with Crippen molar-refractivity contribution in [2.75, 3.05) is 23.8 Å². The normalized spacial score (nSPS) is 13.7. The molecule has 0 aromatic carbocycles. The summed E-state index contributed by atoms with van der Waals surface area (Å²) in [5, 5.41) is 11.1. The molecule has 3 heterocycles. The zero-order valence-electron chi connectivity index (χ0n) is 14.4. The van der Waals surface area contributed by atoms with E-state index in [1.165, 1.54) is 29.9 Å². The van der Waals surface area contributed by atoms with Crippen LogP contribution in [0, 0.1) is 5.92 Å². The Morgan fingerprint density at radius 2 is 2.19 bits per heavy atom. The molecule has 0 aliphatic heterocycles. The molecule has 1 amide bonds. The molecule has 0 spiro atoms. The number of amides is 1. The van der Waals surface area contributed by atoms with Gasteiger partial charge in [0.25, 0.3) is 5.56 Å². The quantitative estimate of drug-likeness (QED) is 0.703. The first kappa shape index (κ1) is 16.2. The minimum atomic E-state index is -0.328. The molecule has 1 aliphatic rings. The van der Waals surface area contributed by atoms with Gasteiger partial charge in [0.15, 0.2) is 5.65 Å². The van der Waals surface area contributed by atoms with Gasteiger partial charge in [-0.1, -0.05) is 0 Å². The number of nitrogens with one attached hydrogen (secondary N) is 1. The fourth-order valence-corrected chi connectivity index (χ4v) is 2.77. The Kier molecular flexibility index (Phi) is 4.11. The second kappa shape index (κ2) is 6.58. The zero-order valence-corrected chi connectivity index (χ0v) is 14.4. The van der Waals surface area contributed by atoms with E-state index in [-0.39, 0.29) is 18.0 Å². The van der Waals surface area contributed by atoms with Crippen molar-refractivity contribution in [3.63, 3.8) is 0 Å². The van der Waals surface area contributed by atoms with E-state index in [1.54, 1.807) is 28.9 Å². The monoisotopic (exact) mass is 353 g/mol. The highest BCUT2D eigenvalue weighted by Gasteiger charge is 2.23. The van der Waals surface area contributed by atoms with Crippen LogP contribution in [0.15, 0.2) is 41.6 Å². The number of aromatic nitrogens is 5. The molecule has 3 aromatic rings. The number of carbonyl (C=O) groups excluding carboxylic acids is 1. The van der Waals surface area contributed by atoms with Crippen LogP contribution >= 0.6 is 0 Å². The lowest BCUT2D eigenvalue weighted by atomic mass is 10.3. The molecule has 1 N–H and O–H groups in total. The van der Waals surface area contributed by atoms with Gasteiger partial charge < -0.3 is 10.2 Å². The van der Waals surface area contributed by atoms with Crippen molar-refractivity contribution in [1.82, 2.24) is 24.4 Å². The van der Waals surface area contributed by atoms with Crippen molar-refractivity contribution in [1.29, 1.82) is 0 Å². The summed E-state index contributed by atoms with van der Waals surface area (Å²) in [4.78, 5) is 30.4. The number of anilines is 2. The van der Waals surface area contributed by atoms with E-state index in [0.29, 0.717) is 23.1 Å². The SMILES string of the molecule is CN(CC1CC1)c1ccc(=O)n(CC(=O)Nc2ccn3ncnc3c2)n1. The molecule has 0 saturated heterocycles. The van der Waals surface area contributed by atoms with Gasteiger partial charge in [0, 0.05) is 37.6 Å². The third kappa shape index (κ3) is 3.56. The molecule has 134 valence electrons. The van der Waals surface area contributed by atoms with E-state index < -0.39 is 0 Å². The molecule has 1 fully saturated rings. The maximum atomic E-state index is 12.3. The van der Waals surface area contributed by atoms with Crippen LogP contribution < -0.4 is 15.8 Å². The van der Waals surface area contributed by atoms with E-state index >= 15 is 0 Å². The molecule has 9 nitrogen and oxygen atoms in total. The molecule has 0 radical (unpaired) electrons. The van der Waals surface area contributed by atoms with Crippen molar-refractivity contribution in [2.24, 2.45) is 5.92 Å². The van der Waals surface area contributed by atoms with Gasteiger partial charge in [0.05, 0.1) is 0 Å². The molecule has 26 heavy (non-hydrogen) atoms. The molecule has 4 rings (SSSR count). The number of fused-ring (bicyclic) bond motifs is 1. The van der Waals surface area contributed by atoms with E-state index in [2.05, 4.69) is 20.5 Å². The maximum Gasteiger partial charge on any atom is 0.267 e. The summed E-state index contributed by atoms with van der Waals surface area (Å²) in [6.07, 6.45) is 5.62. The minimum absolute atomic E-state index is 0.151. The largest absolute Gasteiger partial charge is 0.358 e. The van der Waals surface area contributed by atoms with Gasteiger partial charge in [-0.3, -0.25) is 9.59 Å². The van der Waals surface area contributed by atoms with Crippen LogP contribution in [0.4, 0.5) is 11.5 Å². The molecule has 3 aromatic heterocycles. The molecular weight excluding hydrogens is 334 g/mol. The van der Waals surface area contributed by atoms with Gasteiger partial charge >= 0.3 is 0 Å². The molecule has 1 aliphatic carbocycles. The maximum absolute atomic E-state index is 12.3. The predicted octanol–water partition coefficient (Wildman–Crippen LogP) is 0.771. The summed E-state index contributed by atoms with van der Waals surface area (Å²) < 4.78 is 2.78. The summed E-state index contributed by atoms with van der Waals surface area (Å²) >= 11 is 0. The Balaban J connectivity index is 1.46. The Hall–Kier alpha value is -3.23. The lowest BCUT2D eigenvalue weighted by molar-refractivity contribution is -0.117. The second-order valence-electron chi connectivity index (χ2n) is 6.54. The summed E-state index contributed by atoms with van der Waals surface area (Å²) in [7, 11) is 1.95. The Labute approximate surface area is 149 Å². The van der Waals surface area contributed by atoms with Gasteiger partial charge in [-0.15, -0.1) is 0 Å². The molecule has 9 heteroatoms. The first-order valence-corrected chi connectivity index (χ1v) is 8.47. The summed E-state index contributed by atoms with van der Waals surface area (Å²) in [5.74, 6) is 1.07. The van der Waals surface area contributed by atoms with Crippen molar-refractivity contribution in [2.45, 2.75) is 19.4 Å². The van der Waals surface area contributed by atoms with E-state index in [0.717, 1.165) is 6.54 Å². The smallest absolute Gasteiger partial charge is 0.267 e. The van der Waals surface area contributed by atoms with Gasteiger partial charge in [-0.05, 0) is 30.9 Å². The molecule has 0 atom stereocenters. The van der Waals surface area contributed by atoms with Crippen LogP contribution in [-0.2, 0) is 11.3 Å². The highest BCUT2D eigenvalue weighted by atomic mass is 16.2. The fraction of sp³-hybridized carbons (Fsp3) is 0.353. The van der Waals surface area contributed by atoms with Gasteiger partial charge in [0.2, 0.25) is 5.91 Å². The Bertz CT molecular complexity index is 1010. The number of pyridine rings is 1. The molecular formula is C17H19N7O2. The topological polar surface area (TPSA) is 97.4 Å². The predicted molar refractivity (Wildman–Crippen MR) is 96.1 cm³/mol. The van der Waals surface area contributed by atoms with Crippen LogP contribution in [0.25, 0.3) is 5.65 Å². The van der Waals surface area contributed by atoms with Crippen LogP contribution in [0.5, 0.6) is 0 Å². The Morgan fingerprint density at radius 3 is 3.00 bits per heavy atom. The lowest BCUT2D eigenvalue weighted by Gasteiger charge is -2.18. The molecule has 0 bridgehead atoms. The Morgan fingerprint density at radius 1 is 1.35 bits per heavy atom. The van der Waals surface area contributed by atoms with Gasteiger partial charge in [0.1, 0.15) is 18.7 Å². The highest BCUT2D eigenvalue weighted by molar-refractivity contribution is 5.90. The van der Waals surface area contributed by atoms with Crippen LogP contribution in [0.3, 0.4) is 0 Å². The third-order valence-electron chi connectivity index (χ3n) is 4.33. The lowest BCUT2D eigenvalue weighted by Crippen LogP contribution is -2.31. The van der Waals surface area contributed by atoms with Gasteiger partial charge in [-0.25, -0.2) is 14.2 Å². The van der Waals surface area contributed by atoms with E-state index in [4.69, 9.17) is 0 Å². The van der Waals surface area contributed by atoms with Crippen LogP contribution in [-0.4, -0.2) is 43.9 Å². The number of hydrogen-bond donors (Lipinski definition) is 1. The summed E-state index contributed by atoms with van der Waals surface area (Å²) in [6, 6.07) is 6.57. The summed E-state index contributed by atoms with van der Waals surface area (Å²) in [6.45, 7) is 0.761. The first-order chi connectivity index (χ1) is 12.6. The van der Waals surface area contributed by atoms with Gasteiger partial charge in [-0.2, -0.15) is 10.2 Å². The minimum Gasteiger partial charge on any atom is -0.358 e. The standard InChI is InChI=1S/C17H19N7O2/c1-22(9-12-2-3-12)14-4-5-17(26)24(21-14)10-16(25)20-13-6-7-23-15(8-13)18-11-19-23/h4-8,11-12H,2-3,9-10H2,1H3,(H,20,25). The van der Waals surface area contributed by atoms with Crippen molar-refractivity contribution >= 4 is 23.1 Å². The first-order valence-electron chi connectivity index (χ1n) is 8.47. The van der Waals surface area contributed by atoms with Crippen molar-refractivity contribution in [3.05, 3.63) is 47.1 Å². The van der Waals surface area contributed by atoms with E-state index in [9.17, 15) is 9.59 Å². The molecule has 0 unspecified atom stereocenters. The number of hydrogen-bond acceptors (Lipinski definition) is 6. The average Bonchev–Trinajstić information content (AvgIpc) is 3.30.